The number of benzene rings is 2. The number of rotatable bonds is 8. The van der Waals surface area contributed by atoms with E-state index in [9.17, 15) is 9.59 Å². The highest BCUT2D eigenvalue weighted by atomic mass is 32.2. The molecule has 32 heavy (non-hydrogen) atoms. The van der Waals surface area contributed by atoms with E-state index in [-0.39, 0.29) is 17.2 Å². The van der Waals surface area contributed by atoms with Crippen molar-refractivity contribution < 1.29 is 4.79 Å². The fourth-order valence-corrected chi connectivity index (χ4v) is 4.32. The van der Waals surface area contributed by atoms with Crippen LogP contribution in [0.15, 0.2) is 70.7 Å². The maximum atomic E-state index is 13.2. The van der Waals surface area contributed by atoms with Crippen LogP contribution in [-0.2, 0) is 11.3 Å². The minimum absolute atomic E-state index is 0.105. The number of aromatic nitrogens is 3. The molecule has 164 valence electrons. The number of H-pyrrole nitrogens is 1. The second-order valence-corrected chi connectivity index (χ2v) is 8.64. The van der Waals surface area contributed by atoms with Gasteiger partial charge < -0.3 is 10.3 Å². The number of thioether (sulfide) groups is 1. The zero-order valence-corrected chi connectivity index (χ0v) is 19.0. The molecule has 0 aliphatic heterocycles. The lowest BCUT2D eigenvalue weighted by molar-refractivity contribution is -0.113. The van der Waals surface area contributed by atoms with Crippen LogP contribution >= 0.6 is 11.8 Å². The molecule has 2 aromatic carbocycles. The Morgan fingerprint density at radius 2 is 1.88 bits per heavy atom. The Bertz CT molecular complexity index is 1280. The highest BCUT2D eigenvalue weighted by Gasteiger charge is 2.17. The number of fused-ring (bicyclic) bond motifs is 1. The molecule has 6 nitrogen and oxygen atoms in total. The van der Waals surface area contributed by atoms with E-state index in [0.717, 1.165) is 35.2 Å². The number of nitrogens with zero attached hydrogens (tertiary/aromatic N) is 2. The van der Waals surface area contributed by atoms with Crippen molar-refractivity contribution >= 4 is 34.4 Å². The van der Waals surface area contributed by atoms with Gasteiger partial charge in [-0.05, 0) is 31.0 Å². The third-order valence-electron chi connectivity index (χ3n) is 5.24. The van der Waals surface area contributed by atoms with Gasteiger partial charge in [0.25, 0.3) is 5.56 Å². The van der Waals surface area contributed by atoms with Crippen molar-refractivity contribution in [1.29, 1.82) is 0 Å². The Hall–Kier alpha value is -3.32. The Morgan fingerprint density at radius 3 is 2.59 bits per heavy atom. The number of nitrogens with one attached hydrogen (secondary N) is 2. The maximum Gasteiger partial charge on any atom is 0.278 e. The molecule has 0 saturated heterocycles. The molecule has 4 rings (SSSR count). The zero-order chi connectivity index (χ0) is 22.5. The Balaban J connectivity index is 1.64. The topological polar surface area (TPSA) is 79.8 Å². The van der Waals surface area contributed by atoms with E-state index >= 15 is 0 Å². The lowest BCUT2D eigenvalue weighted by atomic mass is 10.1. The van der Waals surface area contributed by atoms with Gasteiger partial charge in [-0.3, -0.25) is 14.2 Å². The van der Waals surface area contributed by atoms with Crippen LogP contribution in [0.25, 0.3) is 22.2 Å². The van der Waals surface area contributed by atoms with E-state index in [1.807, 2.05) is 67.7 Å². The summed E-state index contributed by atoms with van der Waals surface area (Å²) in [6, 6.07) is 17.5. The number of carbonyl (C=O) groups is 1. The summed E-state index contributed by atoms with van der Waals surface area (Å²) in [5.74, 6) is 0.0378. The van der Waals surface area contributed by atoms with Crippen LogP contribution in [0, 0.1) is 6.92 Å². The monoisotopic (exact) mass is 446 g/mol. The molecule has 0 atom stereocenters. The third kappa shape index (κ3) is 4.78. The molecule has 1 amide bonds. The molecule has 0 unspecified atom stereocenters. The van der Waals surface area contributed by atoms with Crippen molar-refractivity contribution in [3.63, 3.8) is 0 Å². The number of carbonyl (C=O) groups excluding carboxylic acids is 1. The molecule has 0 bridgehead atoms. The SMILES string of the molecule is CCCCn1c(SCC(=O)Nc2ccc(C)cc2)nc2c(-c3ccccc3)c[nH]c2c1=O. The minimum Gasteiger partial charge on any atom is -0.355 e. The van der Waals surface area contributed by atoms with Gasteiger partial charge in [-0.1, -0.05) is 73.1 Å². The summed E-state index contributed by atoms with van der Waals surface area (Å²) in [5, 5.41) is 3.47. The average Bonchev–Trinajstić information content (AvgIpc) is 3.23. The van der Waals surface area contributed by atoms with Gasteiger partial charge in [0.15, 0.2) is 5.16 Å². The molecule has 0 aliphatic carbocycles. The van der Waals surface area contributed by atoms with Crippen molar-refractivity contribution in [2.75, 3.05) is 11.1 Å². The quantitative estimate of drug-likeness (QED) is 0.287. The van der Waals surface area contributed by atoms with E-state index in [1.54, 1.807) is 4.57 Å². The van der Waals surface area contributed by atoms with Gasteiger partial charge in [0.1, 0.15) is 11.0 Å². The van der Waals surface area contributed by atoms with Crippen LogP contribution in [0.5, 0.6) is 0 Å². The summed E-state index contributed by atoms with van der Waals surface area (Å²) in [6.45, 7) is 4.66. The highest BCUT2D eigenvalue weighted by molar-refractivity contribution is 7.99. The maximum absolute atomic E-state index is 13.2. The van der Waals surface area contributed by atoms with Crippen LogP contribution < -0.4 is 10.9 Å². The molecule has 0 fully saturated rings. The van der Waals surface area contributed by atoms with Crippen LogP contribution in [0.2, 0.25) is 0 Å². The molecule has 0 spiro atoms. The Kier molecular flexibility index (Phi) is 6.75. The van der Waals surface area contributed by atoms with Crippen molar-refractivity contribution in [2.45, 2.75) is 38.4 Å². The molecule has 0 radical (unpaired) electrons. The van der Waals surface area contributed by atoms with E-state index in [1.165, 1.54) is 11.8 Å². The summed E-state index contributed by atoms with van der Waals surface area (Å²) < 4.78 is 1.68. The van der Waals surface area contributed by atoms with Gasteiger partial charge >= 0.3 is 0 Å². The number of amides is 1. The largest absolute Gasteiger partial charge is 0.355 e. The van der Waals surface area contributed by atoms with Crippen LogP contribution in [0.3, 0.4) is 0 Å². The standard InChI is InChI=1S/C25H26N4O2S/c1-3-4-14-29-24(31)23-22(20(15-26-23)18-8-6-5-7-9-18)28-25(29)32-16-21(30)27-19-12-10-17(2)11-13-19/h5-13,15,26H,3-4,14,16H2,1-2H3,(H,27,30). The van der Waals surface area contributed by atoms with Crippen molar-refractivity contribution in [1.82, 2.24) is 14.5 Å². The first-order valence-electron chi connectivity index (χ1n) is 10.7. The predicted molar refractivity (Wildman–Crippen MR) is 131 cm³/mol. The first-order chi connectivity index (χ1) is 15.6. The summed E-state index contributed by atoms with van der Waals surface area (Å²) in [4.78, 5) is 33.7. The van der Waals surface area contributed by atoms with Crippen LogP contribution in [-0.4, -0.2) is 26.2 Å². The first kappa shape index (κ1) is 21.9. The van der Waals surface area contributed by atoms with Crippen molar-refractivity contribution in [3.05, 3.63) is 76.7 Å². The summed E-state index contributed by atoms with van der Waals surface area (Å²) >= 11 is 1.29. The van der Waals surface area contributed by atoms with Gasteiger partial charge in [-0.15, -0.1) is 0 Å². The Morgan fingerprint density at radius 1 is 1.12 bits per heavy atom. The van der Waals surface area contributed by atoms with Gasteiger partial charge in [-0.2, -0.15) is 0 Å². The van der Waals surface area contributed by atoms with E-state index < -0.39 is 0 Å². The third-order valence-corrected chi connectivity index (χ3v) is 6.21. The number of unbranched alkanes of at least 4 members (excludes halogenated alkanes) is 1. The molecular formula is C25H26N4O2S. The molecule has 4 aromatic rings. The van der Waals surface area contributed by atoms with Crippen molar-refractivity contribution in [3.8, 4) is 11.1 Å². The Labute approximate surface area is 191 Å². The molecular weight excluding hydrogens is 420 g/mol. The fraction of sp³-hybridized carbons (Fsp3) is 0.240. The van der Waals surface area contributed by atoms with Gasteiger partial charge in [0, 0.05) is 24.0 Å². The minimum atomic E-state index is -0.132. The second-order valence-electron chi connectivity index (χ2n) is 7.70. The van der Waals surface area contributed by atoms with Crippen LogP contribution in [0.4, 0.5) is 5.69 Å². The summed E-state index contributed by atoms with van der Waals surface area (Å²) in [5.41, 5.74) is 4.78. The van der Waals surface area contributed by atoms with Crippen molar-refractivity contribution in [2.24, 2.45) is 0 Å². The molecule has 2 N–H and O–H groups in total. The number of hydrogen-bond donors (Lipinski definition) is 2. The van der Waals surface area contributed by atoms with Gasteiger partial charge in [-0.25, -0.2) is 4.98 Å². The lowest BCUT2D eigenvalue weighted by Gasteiger charge is -2.12. The number of aromatic amines is 1. The number of aryl methyl sites for hydroxylation is 1. The predicted octanol–water partition coefficient (Wildman–Crippen LogP) is 5.23. The fourth-order valence-electron chi connectivity index (χ4n) is 3.50. The van der Waals surface area contributed by atoms with Gasteiger partial charge in [0.05, 0.1) is 5.75 Å². The molecule has 2 aromatic heterocycles. The first-order valence-corrected chi connectivity index (χ1v) is 11.7. The molecule has 0 saturated carbocycles. The van der Waals surface area contributed by atoms with E-state index in [0.29, 0.717) is 22.7 Å². The average molecular weight is 447 g/mol. The zero-order valence-electron chi connectivity index (χ0n) is 18.2. The van der Waals surface area contributed by atoms with Crippen LogP contribution in [0.1, 0.15) is 25.3 Å². The summed E-state index contributed by atoms with van der Waals surface area (Å²) in [6.07, 6.45) is 3.65. The number of anilines is 1. The normalized spacial score (nSPS) is 11.1. The highest BCUT2D eigenvalue weighted by Crippen LogP contribution is 2.28. The molecule has 7 heteroatoms. The second kappa shape index (κ2) is 9.87. The van der Waals surface area contributed by atoms with E-state index in [4.69, 9.17) is 4.98 Å². The van der Waals surface area contributed by atoms with E-state index in [2.05, 4.69) is 17.2 Å². The molecule has 0 aliphatic rings. The number of hydrogen-bond acceptors (Lipinski definition) is 4. The smallest absolute Gasteiger partial charge is 0.278 e. The molecule has 2 heterocycles. The summed E-state index contributed by atoms with van der Waals surface area (Å²) in [7, 11) is 0. The lowest BCUT2D eigenvalue weighted by Crippen LogP contribution is -2.24. The van der Waals surface area contributed by atoms with Gasteiger partial charge in [0.2, 0.25) is 5.91 Å².